The first kappa shape index (κ1) is 12.6. The van der Waals surface area contributed by atoms with Gasteiger partial charge in [-0.2, -0.15) is 21.6 Å². The van der Waals surface area contributed by atoms with Crippen molar-refractivity contribution in [3.63, 3.8) is 0 Å². The number of sulfonamides is 1. The Bertz CT molecular complexity index is 496. The Kier molecular flexibility index (Phi) is 3.04. The summed E-state index contributed by atoms with van der Waals surface area (Å²) in [6, 6.07) is 3.75. The molecule has 0 aliphatic heterocycles. The van der Waals surface area contributed by atoms with Gasteiger partial charge in [0.05, 0.1) is 5.69 Å². The second kappa shape index (κ2) is 3.85. The van der Waals surface area contributed by atoms with E-state index in [-0.39, 0.29) is 11.4 Å². The molecule has 0 saturated carbocycles. The van der Waals surface area contributed by atoms with Gasteiger partial charge in [-0.25, -0.2) is 0 Å². The van der Waals surface area contributed by atoms with Crippen molar-refractivity contribution in [2.24, 2.45) is 0 Å². The second-order valence-corrected chi connectivity index (χ2v) is 4.80. The normalized spacial score (nSPS) is 12.5. The lowest BCUT2D eigenvalue weighted by molar-refractivity contribution is -0.0429. The minimum absolute atomic E-state index is 0.211. The van der Waals surface area contributed by atoms with Gasteiger partial charge in [0.2, 0.25) is 0 Å². The van der Waals surface area contributed by atoms with E-state index >= 15 is 0 Å². The largest absolute Gasteiger partial charge is 0.516 e. The SMILES string of the molecule is Cc1ccc(NS(=O)(=O)C(F)(F)F)cc1N. The van der Waals surface area contributed by atoms with Crippen molar-refractivity contribution in [3.05, 3.63) is 23.8 Å². The van der Waals surface area contributed by atoms with Crippen LogP contribution >= 0.6 is 0 Å². The van der Waals surface area contributed by atoms with E-state index in [9.17, 15) is 21.6 Å². The molecule has 1 aromatic rings. The quantitative estimate of drug-likeness (QED) is 0.791. The number of benzene rings is 1. The first-order chi connectivity index (χ1) is 7.13. The highest BCUT2D eigenvalue weighted by atomic mass is 32.2. The van der Waals surface area contributed by atoms with Gasteiger partial charge in [0.15, 0.2) is 0 Å². The topological polar surface area (TPSA) is 72.2 Å². The van der Waals surface area contributed by atoms with Gasteiger partial charge < -0.3 is 5.73 Å². The molecule has 8 heteroatoms. The Hall–Kier alpha value is -1.44. The average molecular weight is 254 g/mol. The third-order valence-electron chi connectivity index (χ3n) is 1.84. The Morgan fingerprint density at radius 3 is 2.31 bits per heavy atom. The molecule has 0 bridgehead atoms. The van der Waals surface area contributed by atoms with Gasteiger partial charge in [-0.3, -0.25) is 4.72 Å². The number of anilines is 2. The zero-order valence-corrected chi connectivity index (χ0v) is 8.98. The van der Waals surface area contributed by atoms with Crippen LogP contribution in [0.2, 0.25) is 0 Å². The van der Waals surface area contributed by atoms with E-state index < -0.39 is 15.5 Å². The van der Waals surface area contributed by atoms with Gasteiger partial charge >= 0.3 is 15.5 Å². The van der Waals surface area contributed by atoms with Crippen molar-refractivity contribution in [1.82, 2.24) is 0 Å². The summed E-state index contributed by atoms with van der Waals surface area (Å²) >= 11 is 0. The second-order valence-electron chi connectivity index (χ2n) is 3.12. The molecule has 0 unspecified atom stereocenters. The Labute approximate surface area is 90.3 Å². The van der Waals surface area contributed by atoms with Gasteiger partial charge in [-0.1, -0.05) is 6.07 Å². The Balaban J connectivity index is 3.03. The van der Waals surface area contributed by atoms with Crippen LogP contribution < -0.4 is 10.5 Å². The lowest BCUT2D eigenvalue weighted by Gasteiger charge is -2.11. The van der Waals surface area contributed by atoms with Gasteiger partial charge in [0.25, 0.3) is 0 Å². The van der Waals surface area contributed by atoms with Crippen molar-refractivity contribution >= 4 is 21.4 Å². The fourth-order valence-electron chi connectivity index (χ4n) is 0.917. The number of nitrogens with two attached hydrogens (primary N) is 1. The number of halogens is 3. The molecule has 4 nitrogen and oxygen atoms in total. The molecule has 0 amide bonds. The average Bonchev–Trinajstić information content (AvgIpc) is 2.09. The monoisotopic (exact) mass is 254 g/mol. The molecule has 0 radical (unpaired) electrons. The van der Waals surface area contributed by atoms with E-state index in [0.717, 1.165) is 6.07 Å². The maximum atomic E-state index is 12.0. The molecule has 1 aromatic carbocycles. The fraction of sp³-hybridized carbons (Fsp3) is 0.250. The summed E-state index contributed by atoms with van der Waals surface area (Å²) in [5.41, 5.74) is 0.729. The van der Waals surface area contributed by atoms with Crippen LogP contribution in [0.4, 0.5) is 24.5 Å². The molecule has 0 aliphatic carbocycles. The van der Waals surface area contributed by atoms with E-state index in [4.69, 9.17) is 5.73 Å². The van der Waals surface area contributed by atoms with Crippen molar-refractivity contribution < 1.29 is 21.6 Å². The number of hydrogen-bond acceptors (Lipinski definition) is 3. The molecule has 0 aliphatic rings. The first-order valence-electron chi connectivity index (χ1n) is 4.09. The van der Waals surface area contributed by atoms with E-state index in [1.807, 2.05) is 0 Å². The number of alkyl halides is 3. The van der Waals surface area contributed by atoms with Crippen LogP contribution in [0.1, 0.15) is 5.56 Å². The third-order valence-corrected chi connectivity index (χ3v) is 2.95. The van der Waals surface area contributed by atoms with Crippen molar-refractivity contribution in [3.8, 4) is 0 Å². The lowest BCUT2D eigenvalue weighted by Crippen LogP contribution is -2.29. The molecule has 0 atom stereocenters. The third kappa shape index (κ3) is 2.57. The van der Waals surface area contributed by atoms with Crippen LogP contribution in [0, 0.1) is 6.92 Å². The highest BCUT2D eigenvalue weighted by molar-refractivity contribution is 7.93. The fourth-order valence-corrected chi connectivity index (χ4v) is 1.47. The minimum Gasteiger partial charge on any atom is -0.398 e. The summed E-state index contributed by atoms with van der Waals surface area (Å²) in [6.07, 6.45) is 0. The van der Waals surface area contributed by atoms with Crippen LogP contribution in [0.3, 0.4) is 0 Å². The van der Waals surface area contributed by atoms with Crippen molar-refractivity contribution in [2.75, 3.05) is 10.5 Å². The van der Waals surface area contributed by atoms with Crippen LogP contribution in [0.25, 0.3) is 0 Å². The Morgan fingerprint density at radius 1 is 1.31 bits per heavy atom. The smallest absolute Gasteiger partial charge is 0.398 e. The van der Waals surface area contributed by atoms with Crippen LogP contribution in [-0.4, -0.2) is 13.9 Å². The number of nitrogens with one attached hydrogen (secondary N) is 1. The molecule has 3 N–H and O–H groups in total. The van der Waals surface area contributed by atoms with Crippen LogP contribution in [-0.2, 0) is 10.0 Å². The summed E-state index contributed by atoms with van der Waals surface area (Å²) < 4.78 is 58.9. The standard InChI is InChI=1S/C8H9F3N2O2S/c1-5-2-3-6(4-7(5)12)13-16(14,15)8(9,10)11/h2-4,13H,12H2,1H3. The molecule has 0 saturated heterocycles. The lowest BCUT2D eigenvalue weighted by atomic mass is 10.2. The molecule has 0 heterocycles. The molecule has 0 fully saturated rings. The zero-order chi connectivity index (χ0) is 12.6. The summed E-state index contributed by atoms with van der Waals surface area (Å²) in [7, 11) is -5.39. The highest BCUT2D eigenvalue weighted by Crippen LogP contribution is 2.26. The summed E-state index contributed by atoms with van der Waals surface area (Å²) in [5, 5.41) is 0. The first-order valence-corrected chi connectivity index (χ1v) is 5.57. The predicted octanol–water partition coefficient (Wildman–Crippen LogP) is 1.84. The molecule has 90 valence electrons. The van der Waals surface area contributed by atoms with Crippen LogP contribution in [0.5, 0.6) is 0 Å². The predicted molar refractivity (Wildman–Crippen MR) is 54.2 cm³/mol. The Morgan fingerprint density at radius 2 is 1.88 bits per heavy atom. The zero-order valence-electron chi connectivity index (χ0n) is 8.17. The van der Waals surface area contributed by atoms with Gasteiger partial charge in [0.1, 0.15) is 0 Å². The molecule has 0 aromatic heterocycles. The van der Waals surface area contributed by atoms with Gasteiger partial charge in [-0.15, -0.1) is 0 Å². The van der Waals surface area contributed by atoms with Crippen molar-refractivity contribution in [1.29, 1.82) is 0 Å². The molecular weight excluding hydrogens is 245 g/mol. The van der Waals surface area contributed by atoms with Crippen LogP contribution in [0.15, 0.2) is 18.2 Å². The highest BCUT2D eigenvalue weighted by Gasteiger charge is 2.46. The molecule has 0 spiro atoms. The summed E-state index contributed by atoms with van der Waals surface area (Å²) in [6.45, 7) is 1.65. The van der Waals surface area contributed by atoms with Crippen molar-refractivity contribution in [2.45, 2.75) is 12.4 Å². The van der Waals surface area contributed by atoms with E-state index in [1.54, 1.807) is 6.92 Å². The number of aryl methyl sites for hydroxylation is 1. The number of nitrogen functional groups attached to an aromatic ring is 1. The summed E-state index contributed by atoms with van der Waals surface area (Å²) in [4.78, 5) is 0. The van der Waals surface area contributed by atoms with Gasteiger partial charge in [0, 0.05) is 5.69 Å². The maximum Gasteiger partial charge on any atom is 0.516 e. The molecule has 16 heavy (non-hydrogen) atoms. The van der Waals surface area contributed by atoms with E-state index in [2.05, 4.69) is 0 Å². The van der Waals surface area contributed by atoms with E-state index in [1.165, 1.54) is 16.9 Å². The summed E-state index contributed by atoms with van der Waals surface area (Å²) in [5.74, 6) is 0. The van der Waals surface area contributed by atoms with E-state index in [0.29, 0.717) is 5.56 Å². The molecular formula is C8H9F3N2O2S. The number of hydrogen-bond donors (Lipinski definition) is 2. The van der Waals surface area contributed by atoms with Gasteiger partial charge in [-0.05, 0) is 24.6 Å². The minimum atomic E-state index is -5.39. The molecule has 1 rings (SSSR count). The maximum absolute atomic E-state index is 12.0. The number of rotatable bonds is 2.